The van der Waals surface area contributed by atoms with Crippen molar-refractivity contribution < 1.29 is 21.4 Å². The van der Waals surface area contributed by atoms with Gasteiger partial charge in [0.05, 0.1) is 11.4 Å². The molecule has 7 nitrogen and oxygen atoms in total. The quantitative estimate of drug-likeness (QED) is 0.339. The summed E-state index contributed by atoms with van der Waals surface area (Å²) in [4.78, 5) is 5.93. The molecule has 2 aromatic carbocycles. The molecular formula is C25H28F2N4O3S. The van der Waals surface area contributed by atoms with Crippen LogP contribution in [0.15, 0.2) is 72.2 Å². The van der Waals surface area contributed by atoms with Gasteiger partial charge in [-0.2, -0.15) is 13.5 Å². The second kappa shape index (κ2) is 9.96. The van der Waals surface area contributed by atoms with Gasteiger partial charge in [0.2, 0.25) is 0 Å². The summed E-state index contributed by atoms with van der Waals surface area (Å²) in [5.41, 5.74) is 0.108. The van der Waals surface area contributed by atoms with Crippen molar-refractivity contribution in [1.29, 1.82) is 0 Å². The van der Waals surface area contributed by atoms with Crippen LogP contribution in [0, 0.1) is 18.6 Å². The summed E-state index contributed by atoms with van der Waals surface area (Å²) in [6.07, 6.45) is 4.15. The van der Waals surface area contributed by atoms with E-state index < -0.39 is 33.4 Å². The Labute approximate surface area is 204 Å². The van der Waals surface area contributed by atoms with E-state index in [1.165, 1.54) is 35.5 Å². The molecule has 4 rings (SSSR count). The van der Waals surface area contributed by atoms with Gasteiger partial charge in [-0.3, -0.25) is 9.08 Å². The lowest BCUT2D eigenvalue weighted by Gasteiger charge is -2.45. The molecule has 3 aromatic rings. The fourth-order valence-corrected chi connectivity index (χ4v) is 5.68. The minimum atomic E-state index is -4.37. The van der Waals surface area contributed by atoms with E-state index in [4.69, 9.17) is 4.18 Å². The zero-order valence-corrected chi connectivity index (χ0v) is 20.5. The number of nitrogens with zero attached hydrogens (tertiary/aromatic N) is 4. The smallest absolute Gasteiger partial charge is 0.297 e. The first kappa shape index (κ1) is 25.2. The Hall–Kier alpha value is -2.95. The summed E-state index contributed by atoms with van der Waals surface area (Å²) in [6.45, 7) is 8.69. The molecule has 0 aliphatic carbocycles. The Kier molecular flexibility index (Phi) is 7.16. The molecule has 186 valence electrons. The number of likely N-dealkylation sites (tertiary alicyclic amines) is 1. The van der Waals surface area contributed by atoms with Gasteiger partial charge in [0.25, 0.3) is 10.1 Å². The minimum absolute atomic E-state index is 0.0622. The van der Waals surface area contributed by atoms with E-state index in [-0.39, 0.29) is 17.0 Å². The second-order valence-electron chi connectivity index (χ2n) is 8.92. The largest absolute Gasteiger partial charge is 0.297 e. The average molecular weight is 503 g/mol. The molecule has 35 heavy (non-hydrogen) atoms. The van der Waals surface area contributed by atoms with Gasteiger partial charge in [-0.1, -0.05) is 35.9 Å². The van der Waals surface area contributed by atoms with Crippen molar-refractivity contribution >= 4 is 10.1 Å². The molecule has 0 amide bonds. The van der Waals surface area contributed by atoms with E-state index in [0.29, 0.717) is 13.1 Å². The van der Waals surface area contributed by atoms with Gasteiger partial charge in [0, 0.05) is 30.8 Å². The van der Waals surface area contributed by atoms with Gasteiger partial charge in [-0.15, -0.1) is 0 Å². The van der Waals surface area contributed by atoms with Crippen molar-refractivity contribution in [2.45, 2.75) is 49.8 Å². The zero-order chi connectivity index (χ0) is 25.2. The van der Waals surface area contributed by atoms with Crippen LogP contribution in [0.4, 0.5) is 8.78 Å². The van der Waals surface area contributed by atoms with Crippen molar-refractivity contribution in [3.8, 4) is 0 Å². The number of aromatic nitrogens is 3. The lowest BCUT2D eigenvalue weighted by molar-refractivity contribution is -0.0396. The maximum absolute atomic E-state index is 15.4. The standard InChI is InChI=1S/C25H28F2N4O3S/c1-18-4-7-22(8-5-18)35(32,33)34-25(15-31-17-28-16-29-31,23-9-6-21(26)14-24(23)27)20(3)30-12-10-19(2)11-13-30/h4-9,14,16-17,20H,2,10-13,15H2,1,3H3/t20-,25-/m1/s1. The molecule has 0 N–H and O–H groups in total. The number of aryl methyl sites for hydroxylation is 1. The highest BCUT2D eigenvalue weighted by Gasteiger charge is 2.49. The molecule has 0 saturated carbocycles. The highest BCUT2D eigenvalue weighted by atomic mass is 32.2. The molecule has 0 bridgehead atoms. The zero-order valence-electron chi connectivity index (χ0n) is 19.7. The van der Waals surface area contributed by atoms with Crippen LogP contribution in [-0.4, -0.2) is 47.2 Å². The summed E-state index contributed by atoms with van der Waals surface area (Å²) in [5, 5.41) is 4.13. The Balaban J connectivity index is 1.89. The fraction of sp³-hybridized carbons (Fsp3) is 0.360. The van der Waals surface area contributed by atoms with E-state index in [0.717, 1.165) is 36.1 Å². The Bertz CT molecular complexity index is 1290. The number of halogens is 2. The van der Waals surface area contributed by atoms with Crippen molar-refractivity contribution in [3.05, 3.63) is 90.0 Å². The van der Waals surface area contributed by atoms with Gasteiger partial charge >= 0.3 is 0 Å². The van der Waals surface area contributed by atoms with Crippen LogP contribution in [0.3, 0.4) is 0 Å². The first-order valence-electron chi connectivity index (χ1n) is 11.3. The van der Waals surface area contributed by atoms with E-state index in [1.807, 2.05) is 11.8 Å². The maximum atomic E-state index is 15.4. The summed E-state index contributed by atoms with van der Waals surface area (Å²) >= 11 is 0. The molecule has 0 unspecified atom stereocenters. The van der Waals surface area contributed by atoms with E-state index >= 15 is 4.39 Å². The Morgan fingerprint density at radius 3 is 2.43 bits per heavy atom. The lowest BCUT2D eigenvalue weighted by atomic mass is 9.84. The normalized spacial score (nSPS) is 17.8. The van der Waals surface area contributed by atoms with Crippen LogP contribution in [0.5, 0.6) is 0 Å². The third-order valence-electron chi connectivity index (χ3n) is 6.55. The Morgan fingerprint density at radius 1 is 1.14 bits per heavy atom. The number of hydrogen-bond acceptors (Lipinski definition) is 6. The predicted octanol–water partition coefficient (Wildman–Crippen LogP) is 4.21. The van der Waals surface area contributed by atoms with Gasteiger partial charge in [0.15, 0.2) is 5.60 Å². The summed E-state index contributed by atoms with van der Waals surface area (Å²) in [7, 11) is -4.37. The molecular weight excluding hydrogens is 474 g/mol. The van der Waals surface area contributed by atoms with Crippen LogP contribution in [0.1, 0.15) is 30.9 Å². The minimum Gasteiger partial charge on any atom is -0.297 e. The monoisotopic (exact) mass is 502 g/mol. The number of rotatable bonds is 8. The molecule has 1 fully saturated rings. The van der Waals surface area contributed by atoms with E-state index in [1.54, 1.807) is 19.1 Å². The summed E-state index contributed by atoms with van der Waals surface area (Å²) in [5.74, 6) is -1.68. The molecule has 1 aromatic heterocycles. The topological polar surface area (TPSA) is 77.3 Å². The molecule has 2 atom stereocenters. The number of benzene rings is 2. The Morgan fingerprint density at radius 2 is 1.83 bits per heavy atom. The van der Waals surface area contributed by atoms with E-state index in [2.05, 4.69) is 16.7 Å². The first-order valence-corrected chi connectivity index (χ1v) is 12.7. The number of piperidine rings is 1. The van der Waals surface area contributed by atoms with Crippen molar-refractivity contribution in [2.75, 3.05) is 13.1 Å². The number of hydrogen-bond donors (Lipinski definition) is 0. The molecule has 10 heteroatoms. The molecule has 2 heterocycles. The van der Waals surface area contributed by atoms with Crippen LogP contribution >= 0.6 is 0 Å². The van der Waals surface area contributed by atoms with Gasteiger partial charge in [0.1, 0.15) is 24.3 Å². The highest BCUT2D eigenvalue weighted by Crippen LogP contribution is 2.40. The SMILES string of the molecule is C=C1CCN([C@H](C)[C@@](Cn2cncn2)(OS(=O)(=O)c2ccc(C)cc2)c2ccc(F)cc2F)CC1. The maximum Gasteiger partial charge on any atom is 0.297 e. The van der Waals surface area contributed by atoms with Crippen LogP contribution < -0.4 is 0 Å². The average Bonchev–Trinajstić information content (AvgIpc) is 3.31. The summed E-state index contributed by atoms with van der Waals surface area (Å²) < 4.78 is 63.9. The van der Waals surface area contributed by atoms with Gasteiger partial charge < -0.3 is 0 Å². The molecule has 1 aliphatic heterocycles. The molecule has 0 spiro atoms. The van der Waals surface area contributed by atoms with Gasteiger partial charge in [-0.05, 0) is 44.9 Å². The molecule has 1 aliphatic rings. The lowest BCUT2D eigenvalue weighted by Crippen LogP contribution is -2.55. The van der Waals surface area contributed by atoms with Crippen LogP contribution in [0.2, 0.25) is 0 Å². The first-order chi connectivity index (χ1) is 16.6. The predicted molar refractivity (Wildman–Crippen MR) is 127 cm³/mol. The molecule has 0 radical (unpaired) electrons. The third kappa shape index (κ3) is 5.34. The van der Waals surface area contributed by atoms with Crippen LogP contribution in [0.25, 0.3) is 0 Å². The van der Waals surface area contributed by atoms with Crippen molar-refractivity contribution in [2.24, 2.45) is 0 Å². The third-order valence-corrected chi connectivity index (χ3v) is 7.91. The fourth-order valence-electron chi connectivity index (χ4n) is 4.44. The van der Waals surface area contributed by atoms with Gasteiger partial charge in [-0.25, -0.2) is 18.4 Å². The summed E-state index contributed by atoms with van der Waals surface area (Å²) in [6, 6.07) is 8.65. The van der Waals surface area contributed by atoms with Crippen LogP contribution in [-0.2, 0) is 26.4 Å². The second-order valence-corrected chi connectivity index (χ2v) is 10.5. The van der Waals surface area contributed by atoms with E-state index in [9.17, 15) is 12.8 Å². The van der Waals surface area contributed by atoms with Crippen molar-refractivity contribution in [3.63, 3.8) is 0 Å². The van der Waals surface area contributed by atoms with Crippen molar-refractivity contribution in [1.82, 2.24) is 19.7 Å². The molecule has 1 saturated heterocycles. The highest BCUT2D eigenvalue weighted by molar-refractivity contribution is 7.86.